The molecule has 0 saturated carbocycles. The van der Waals surface area contributed by atoms with E-state index in [1.165, 1.54) is 18.2 Å². The lowest BCUT2D eigenvalue weighted by Crippen LogP contribution is -2.39. The van der Waals surface area contributed by atoms with Crippen LogP contribution in [0.25, 0.3) is 0 Å². The Hall–Kier alpha value is -2.05. The summed E-state index contributed by atoms with van der Waals surface area (Å²) in [6.07, 6.45) is 0. The number of benzene rings is 1. The van der Waals surface area contributed by atoms with E-state index in [2.05, 4.69) is 0 Å². The Kier molecular flexibility index (Phi) is 3.17. The summed E-state index contributed by atoms with van der Waals surface area (Å²) in [5, 5.41) is 18.8. The van der Waals surface area contributed by atoms with Crippen LogP contribution in [0, 0.1) is 10.1 Å². The summed E-state index contributed by atoms with van der Waals surface area (Å²) in [6.45, 7) is 0. The van der Waals surface area contributed by atoms with Crippen molar-refractivity contribution in [3.8, 4) is 0 Å². The molecule has 0 heterocycles. The number of carboxylic acid groups (broad SMARTS) is 1. The van der Waals surface area contributed by atoms with E-state index in [1.807, 2.05) is 0 Å². The van der Waals surface area contributed by atoms with Gasteiger partial charge in [0.1, 0.15) is 0 Å². The predicted molar refractivity (Wildman–Crippen MR) is 48.8 cm³/mol. The number of carboxylic acids is 1. The molecule has 1 aromatic rings. The van der Waals surface area contributed by atoms with Gasteiger partial charge in [0.2, 0.25) is 0 Å². The van der Waals surface area contributed by atoms with Gasteiger partial charge in [-0.15, -0.1) is 0 Å². The molecule has 0 bridgehead atoms. The molecule has 0 aliphatic heterocycles. The van der Waals surface area contributed by atoms with Crippen LogP contribution in [0.3, 0.4) is 0 Å². The van der Waals surface area contributed by atoms with Gasteiger partial charge in [-0.25, -0.2) is 4.79 Å². The van der Waals surface area contributed by atoms with Gasteiger partial charge in [-0.3, -0.25) is 10.1 Å². The quantitative estimate of drug-likeness (QED) is 0.632. The average molecular weight is 231 g/mol. The summed E-state index contributed by atoms with van der Waals surface area (Å²) < 4.78 is 26.2. The summed E-state index contributed by atoms with van der Waals surface area (Å²) in [5.74, 6) is -6.96. The zero-order valence-corrected chi connectivity index (χ0v) is 7.84. The van der Waals surface area contributed by atoms with Crippen molar-refractivity contribution in [2.75, 3.05) is 0 Å². The SMILES string of the molecule is O=C(O)C(F)(F)C(c1ccccc1)[N+](=O)[O-]. The number of carbonyl (C=O) groups is 1. The molecule has 0 aromatic heterocycles. The van der Waals surface area contributed by atoms with Crippen LogP contribution in [0.2, 0.25) is 0 Å². The summed E-state index contributed by atoms with van der Waals surface area (Å²) in [5.41, 5.74) is -0.347. The van der Waals surface area contributed by atoms with Crippen molar-refractivity contribution >= 4 is 5.97 Å². The molecule has 0 amide bonds. The number of hydrogen-bond donors (Lipinski definition) is 1. The van der Waals surface area contributed by atoms with E-state index in [9.17, 15) is 23.7 Å². The molecule has 0 aliphatic carbocycles. The fourth-order valence-corrected chi connectivity index (χ4v) is 1.22. The number of nitrogens with zero attached hydrogens (tertiary/aromatic N) is 1. The lowest BCUT2D eigenvalue weighted by molar-refractivity contribution is -0.553. The summed E-state index contributed by atoms with van der Waals surface area (Å²) >= 11 is 0. The average Bonchev–Trinajstić information content (AvgIpc) is 2.18. The second-order valence-corrected chi connectivity index (χ2v) is 3.03. The van der Waals surface area contributed by atoms with Crippen molar-refractivity contribution in [1.82, 2.24) is 0 Å². The van der Waals surface area contributed by atoms with E-state index in [0.717, 1.165) is 12.1 Å². The van der Waals surface area contributed by atoms with Gasteiger partial charge in [0.25, 0.3) is 0 Å². The third-order valence-electron chi connectivity index (χ3n) is 1.95. The molecular formula is C9H7F2NO4. The third-order valence-corrected chi connectivity index (χ3v) is 1.95. The van der Waals surface area contributed by atoms with Gasteiger partial charge in [0.05, 0.1) is 0 Å². The normalized spacial score (nSPS) is 13.1. The van der Waals surface area contributed by atoms with Gasteiger partial charge in [0, 0.05) is 10.5 Å². The highest BCUT2D eigenvalue weighted by Crippen LogP contribution is 2.34. The topological polar surface area (TPSA) is 80.4 Å². The van der Waals surface area contributed by atoms with Crippen LogP contribution in [0.15, 0.2) is 30.3 Å². The van der Waals surface area contributed by atoms with Crippen LogP contribution in [-0.2, 0) is 4.79 Å². The number of nitro groups is 1. The van der Waals surface area contributed by atoms with Crippen LogP contribution in [0.5, 0.6) is 0 Å². The summed E-state index contributed by atoms with van der Waals surface area (Å²) in [4.78, 5) is 19.5. The van der Waals surface area contributed by atoms with E-state index >= 15 is 0 Å². The maximum atomic E-state index is 13.1. The first kappa shape index (κ1) is 12.0. The number of aliphatic carboxylic acids is 1. The minimum Gasteiger partial charge on any atom is -0.477 e. The zero-order valence-electron chi connectivity index (χ0n) is 7.84. The van der Waals surface area contributed by atoms with Gasteiger partial charge in [-0.05, 0) is 0 Å². The molecular weight excluding hydrogens is 224 g/mol. The van der Waals surface area contributed by atoms with E-state index in [-0.39, 0.29) is 5.56 Å². The number of halogens is 2. The van der Waals surface area contributed by atoms with E-state index in [4.69, 9.17) is 5.11 Å². The predicted octanol–water partition coefficient (Wildman–Crippen LogP) is 1.72. The highest BCUT2D eigenvalue weighted by Gasteiger charge is 2.56. The molecule has 1 N–H and O–H groups in total. The van der Waals surface area contributed by atoms with Gasteiger partial charge < -0.3 is 5.11 Å². The first-order valence-electron chi connectivity index (χ1n) is 4.17. The Morgan fingerprint density at radius 3 is 2.25 bits per heavy atom. The Bertz CT molecular complexity index is 407. The molecule has 1 rings (SSSR count). The minimum absolute atomic E-state index is 0.347. The van der Waals surface area contributed by atoms with E-state index in [0.29, 0.717) is 0 Å². The zero-order chi connectivity index (χ0) is 12.3. The lowest BCUT2D eigenvalue weighted by Gasteiger charge is -2.16. The second kappa shape index (κ2) is 4.21. The highest BCUT2D eigenvalue weighted by atomic mass is 19.3. The Balaban J connectivity index is 3.21. The number of alkyl halides is 2. The van der Waals surface area contributed by atoms with Crippen LogP contribution in [0.1, 0.15) is 11.6 Å². The molecule has 1 atom stereocenters. The highest BCUT2D eigenvalue weighted by molar-refractivity contribution is 5.76. The van der Waals surface area contributed by atoms with Crippen molar-refractivity contribution in [3.05, 3.63) is 46.0 Å². The molecule has 0 radical (unpaired) electrons. The molecule has 16 heavy (non-hydrogen) atoms. The Morgan fingerprint density at radius 2 is 1.88 bits per heavy atom. The van der Waals surface area contributed by atoms with Gasteiger partial charge in [-0.1, -0.05) is 30.3 Å². The minimum atomic E-state index is -4.44. The van der Waals surface area contributed by atoms with Crippen molar-refractivity contribution in [3.63, 3.8) is 0 Å². The third kappa shape index (κ3) is 2.13. The number of hydrogen-bond acceptors (Lipinski definition) is 3. The van der Waals surface area contributed by atoms with Gasteiger partial charge in [0.15, 0.2) is 0 Å². The molecule has 1 aromatic carbocycles. The van der Waals surface area contributed by atoms with Crippen LogP contribution in [-0.4, -0.2) is 21.9 Å². The molecule has 0 aliphatic rings. The monoisotopic (exact) mass is 231 g/mol. The van der Waals surface area contributed by atoms with E-state index < -0.39 is 22.9 Å². The first-order chi connectivity index (χ1) is 7.37. The fourth-order valence-electron chi connectivity index (χ4n) is 1.22. The molecule has 86 valence electrons. The van der Waals surface area contributed by atoms with Crippen LogP contribution < -0.4 is 0 Å². The molecule has 0 fully saturated rings. The maximum Gasteiger partial charge on any atom is 0.411 e. The standard InChI is InChI=1S/C9H7F2NO4/c10-9(11,8(13)14)7(12(15)16)6-4-2-1-3-5-6/h1-5,7H,(H,13,14). The molecule has 1 unspecified atom stereocenters. The van der Waals surface area contributed by atoms with Crippen molar-refractivity contribution in [1.29, 1.82) is 0 Å². The molecule has 0 saturated heterocycles. The van der Waals surface area contributed by atoms with E-state index in [1.54, 1.807) is 0 Å². The fraction of sp³-hybridized carbons (Fsp3) is 0.222. The first-order valence-corrected chi connectivity index (χ1v) is 4.17. The Labute approximate surface area is 88.5 Å². The molecule has 0 spiro atoms. The van der Waals surface area contributed by atoms with Gasteiger partial charge in [-0.2, -0.15) is 8.78 Å². The maximum absolute atomic E-state index is 13.1. The lowest BCUT2D eigenvalue weighted by atomic mass is 10.0. The van der Waals surface area contributed by atoms with Crippen molar-refractivity contribution < 1.29 is 23.6 Å². The van der Waals surface area contributed by atoms with Crippen molar-refractivity contribution in [2.24, 2.45) is 0 Å². The van der Waals surface area contributed by atoms with Crippen molar-refractivity contribution in [2.45, 2.75) is 12.0 Å². The van der Waals surface area contributed by atoms with Crippen LogP contribution in [0.4, 0.5) is 8.78 Å². The van der Waals surface area contributed by atoms with Crippen LogP contribution >= 0.6 is 0 Å². The summed E-state index contributed by atoms with van der Waals surface area (Å²) in [6, 6.07) is 3.73. The number of rotatable bonds is 4. The molecule has 7 heteroatoms. The largest absolute Gasteiger partial charge is 0.477 e. The second-order valence-electron chi connectivity index (χ2n) is 3.03. The van der Waals surface area contributed by atoms with Gasteiger partial charge >= 0.3 is 17.9 Å². The smallest absolute Gasteiger partial charge is 0.411 e. The summed E-state index contributed by atoms with van der Waals surface area (Å²) in [7, 11) is 0. The molecule has 5 nitrogen and oxygen atoms in total. The Morgan fingerprint density at radius 1 is 1.38 bits per heavy atom.